The zero-order chi connectivity index (χ0) is 16.2. The van der Waals surface area contributed by atoms with E-state index in [0.29, 0.717) is 5.56 Å². The number of H-pyrrole nitrogens is 2. The Morgan fingerprint density at radius 1 is 1.22 bits per heavy atom. The summed E-state index contributed by atoms with van der Waals surface area (Å²) in [4.78, 5) is 15.9. The predicted molar refractivity (Wildman–Crippen MR) is 90.5 cm³/mol. The van der Waals surface area contributed by atoms with Crippen LogP contribution < -0.4 is 5.32 Å². The molecule has 0 atom stereocenters. The summed E-state index contributed by atoms with van der Waals surface area (Å²) in [6, 6.07) is 5.85. The second-order valence-corrected chi connectivity index (χ2v) is 7.21. The lowest BCUT2D eigenvalue weighted by Crippen LogP contribution is -2.40. The number of aromatic nitrogens is 3. The van der Waals surface area contributed by atoms with Crippen LogP contribution in [-0.2, 0) is 12.8 Å². The van der Waals surface area contributed by atoms with E-state index in [9.17, 15) is 4.79 Å². The van der Waals surface area contributed by atoms with E-state index in [2.05, 4.69) is 20.5 Å². The molecule has 0 spiro atoms. The Morgan fingerprint density at radius 3 is 2.83 bits per heavy atom. The monoisotopic (exact) mass is 308 g/mol. The van der Waals surface area contributed by atoms with Crippen LogP contribution >= 0.6 is 0 Å². The van der Waals surface area contributed by atoms with Crippen LogP contribution in [0, 0.1) is 0 Å². The average molecular weight is 308 g/mol. The first-order valence-corrected chi connectivity index (χ1v) is 7.92. The van der Waals surface area contributed by atoms with Crippen LogP contribution in [-0.4, -0.2) is 26.6 Å². The number of hydrogen-bond donors (Lipinski definition) is 3. The zero-order valence-corrected chi connectivity index (χ0v) is 13.6. The van der Waals surface area contributed by atoms with E-state index >= 15 is 0 Å². The molecule has 0 fully saturated rings. The van der Waals surface area contributed by atoms with Crippen LogP contribution in [0.3, 0.4) is 0 Å². The largest absolute Gasteiger partial charge is 0.353 e. The highest BCUT2D eigenvalue weighted by atomic mass is 16.1. The standard InChI is InChI=1S/C18H20N4O/c1-18(2,3)21-17(23)10-5-7-14-13(8-10)12-6-4-11-9-19-22-15(11)16(12)20-14/h5,7-9,20H,4,6H2,1-3H3,(H,19,22)(H,21,23). The van der Waals surface area contributed by atoms with Gasteiger partial charge in [-0.2, -0.15) is 5.10 Å². The van der Waals surface area contributed by atoms with Crippen LogP contribution in [0.2, 0.25) is 0 Å². The van der Waals surface area contributed by atoms with Crippen LogP contribution in [0.5, 0.6) is 0 Å². The van der Waals surface area contributed by atoms with Crippen molar-refractivity contribution in [1.82, 2.24) is 20.5 Å². The van der Waals surface area contributed by atoms with Gasteiger partial charge in [-0.25, -0.2) is 0 Å². The molecule has 2 heterocycles. The lowest BCUT2D eigenvalue weighted by Gasteiger charge is -2.20. The maximum absolute atomic E-state index is 12.4. The third-order valence-electron chi connectivity index (χ3n) is 4.27. The second kappa shape index (κ2) is 4.72. The number of aromatic amines is 2. The van der Waals surface area contributed by atoms with Crippen molar-refractivity contribution in [3.63, 3.8) is 0 Å². The maximum Gasteiger partial charge on any atom is 0.251 e. The second-order valence-electron chi connectivity index (χ2n) is 7.21. The van der Waals surface area contributed by atoms with Gasteiger partial charge in [0, 0.05) is 22.0 Å². The number of amides is 1. The molecular formula is C18H20N4O. The van der Waals surface area contributed by atoms with Crippen molar-refractivity contribution in [3.8, 4) is 11.4 Å². The van der Waals surface area contributed by atoms with Gasteiger partial charge in [-0.15, -0.1) is 0 Å². The summed E-state index contributed by atoms with van der Waals surface area (Å²) >= 11 is 0. The summed E-state index contributed by atoms with van der Waals surface area (Å²) in [5.41, 5.74) is 6.20. The minimum atomic E-state index is -0.242. The third-order valence-corrected chi connectivity index (χ3v) is 4.27. The Bertz CT molecular complexity index is 911. The van der Waals surface area contributed by atoms with Crippen LogP contribution in [0.1, 0.15) is 42.3 Å². The van der Waals surface area contributed by atoms with Crippen LogP contribution in [0.4, 0.5) is 0 Å². The first kappa shape index (κ1) is 14.1. The maximum atomic E-state index is 12.4. The number of fused-ring (bicyclic) bond motifs is 5. The Balaban J connectivity index is 1.80. The molecule has 3 aromatic rings. The van der Waals surface area contributed by atoms with Crippen molar-refractivity contribution in [2.75, 3.05) is 0 Å². The third kappa shape index (κ3) is 2.32. The number of nitrogens with one attached hydrogen (secondary N) is 3. The van der Waals surface area contributed by atoms with Crippen molar-refractivity contribution in [2.24, 2.45) is 0 Å². The van der Waals surface area contributed by atoms with E-state index in [0.717, 1.165) is 35.1 Å². The summed E-state index contributed by atoms with van der Waals surface area (Å²) in [5, 5.41) is 11.4. The SMILES string of the molecule is CC(C)(C)NC(=O)c1ccc2[nH]c3c(c2c1)CCc1cn[nH]c1-3. The smallest absolute Gasteiger partial charge is 0.251 e. The number of rotatable bonds is 1. The normalized spacial score (nSPS) is 13.7. The molecule has 0 aliphatic heterocycles. The Hall–Kier alpha value is -2.56. The van der Waals surface area contributed by atoms with E-state index in [1.54, 1.807) is 0 Å². The van der Waals surface area contributed by atoms with Gasteiger partial charge in [-0.05, 0) is 62.9 Å². The number of hydrogen-bond acceptors (Lipinski definition) is 2. The van der Waals surface area contributed by atoms with Gasteiger partial charge < -0.3 is 10.3 Å². The first-order valence-electron chi connectivity index (χ1n) is 7.92. The number of benzene rings is 1. The molecule has 1 amide bonds. The molecule has 23 heavy (non-hydrogen) atoms. The summed E-state index contributed by atoms with van der Waals surface area (Å²) in [6.07, 6.45) is 3.84. The minimum absolute atomic E-state index is 0.0348. The molecule has 5 nitrogen and oxygen atoms in total. The molecule has 4 rings (SSSR count). The molecular weight excluding hydrogens is 288 g/mol. The van der Waals surface area contributed by atoms with E-state index < -0.39 is 0 Å². The predicted octanol–water partition coefficient (Wildman–Crippen LogP) is 3.18. The van der Waals surface area contributed by atoms with Crippen molar-refractivity contribution >= 4 is 16.8 Å². The number of nitrogens with zero attached hydrogens (tertiary/aromatic N) is 1. The fourth-order valence-electron chi connectivity index (χ4n) is 3.25. The summed E-state index contributed by atoms with van der Waals surface area (Å²) in [6.45, 7) is 5.96. The van der Waals surface area contributed by atoms with Gasteiger partial charge >= 0.3 is 0 Å². The van der Waals surface area contributed by atoms with E-state index in [-0.39, 0.29) is 11.4 Å². The quantitative estimate of drug-likeness (QED) is 0.646. The molecule has 0 saturated heterocycles. The molecule has 1 aromatic carbocycles. The van der Waals surface area contributed by atoms with Crippen LogP contribution in [0.25, 0.3) is 22.3 Å². The summed E-state index contributed by atoms with van der Waals surface area (Å²) < 4.78 is 0. The molecule has 3 N–H and O–H groups in total. The van der Waals surface area contributed by atoms with Gasteiger partial charge in [0.1, 0.15) is 0 Å². The summed E-state index contributed by atoms with van der Waals surface area (Å²) in [7, 11) is 0. The molecule has 1 aliphatic rings. The molecule has 118 valence electrons. The highest BCUT2D eigenvalue weighted by Gasteiger charge is 2.23. The number of aryl methyl sites for hydroxylation is 2. The van der Waals surface area contributed by atoms with Crippen molar-refractivity contribution in [2.45, 2.75) is 39.2 Å². The number of carbonyl (C=O) groups is 1. The lowest BCUT2D eigenvalue weighted by molar-refractivity contribution is 0.0919. The topological polar surface area (TPSA) is 73.6 Å². The molecule has 0 radical (unpaired) electrons. The average Bonchev–Trinajstić information content (AvgIpc) is 3.08. The highest BCUT2D eigenvalue weighted by molar-refractivity contribution is 6.00. The van der Waals surface area contributed by atoms with Gasteiger partial charge in [0.25, 0.3) is 5.91 Å². The fourth-order valence-corrected chi connectivity index (χ4v) is 3.25. The minimum Gasteiger partial charge on any atom is -0.353 e. The van der Waals surface area contributed by atoms with Gasteiger partial charge in [-0.1, -0.05) is 0 Å². The van der Waals surface area contributed by atoms with E-state index in [4.69, 9.17) is 0 Å². The summed E-state index contributed by atoms with van der Waals surface area (Å²) in [5.74, 6) is -0.0348. The molecule has 0 saturated carbocycles. The highest BCUT2D eigenvalue weighted by Crippen LogP contribution is 2.36. The van der Waals surface area contributed by atoms with Gasteiger partial charge in [0.15, 0.2) is 0 Å². The lowest BCUT2D eigenvalue weighted by atomic mass is 9.93. The number of carbonyl (C=O) groups excluding carboxylic acids is 1. The zero-order valence-electron chi connectivity index (χ0n) is 13.6. The molecule has 5 heteroatoms. The van der Waals surface area contributed by atoms with E-state index in [1.165, 1.54) is 11.1 Å². The fraction of sp³-hybridized carbons (Fsp3) is 0.333. The van der Waals surface area contributed by atoms with Crippen molar-refractivity contribution in [1.29, 1.82) is 0 Å². The van der Waals surface area contributed by atoms with Gasteiger partial charge in [0.05, 0.1) is 17.6 Å². The molecule has 0 unspecified atom stereocenters. The van der Waals surface area contributed by atoms with Crippen molar-refractivity contribution < 1.29 is 4.79 Å². The Labute approximate surface area is 134 Å². The molecule has 2 aromatic heterocycles. The molecule has 1 aliphatic carbocycles. The first-order chi connectivity index (χ1) is 10.9. The van der Waals surface area contributed by atoms with Crippen LogP contribution in [0.15, 0.2) is 24.4 Å². The Kier molecular flexibility index (Phi) is 2.88. The van der Waals surface area contributed by atoms with Gasteiger partial charge in [0.2, 0.25) is 0 Å². The Morgan fingerprint density at radius 2 is 2.04 bits per heavy atom. The molecule has 0 bridgehead atoms. The van der Waals surface area contributed by atoms with Gasteiger partial charge in [-0.3, -0.25) is 9.89 Å². The van der Waals surface area contributed by atoms with E-state index in [1.807, 2.05) is 45.2 Å². The van der Waals surface area contributed by atoms with Crippen molar-refractivity contribution in [3.05, 3.63) is 41.1 Å².